The Hall–Kier alpha value is -11.4. The van der Waals surface area contributed by atoms with Crippen molar-refractivity contribution >= 4 is 120 Å². The second-order valence-electron chi connectivity index (χ2n) is 23.5. The highest BCUT2D eigenvalue weighted by Crippen LogP contribution is 2.63. The molecule has 0 unspecified atom stereocenters. The largest absolute Gasteiger partial charge is 0.457 e. The van der Waals surface area contributed by atoms with E-state index >= 15 is 0 Å². The van der Waals surface area contributed by atoms with Crippen LogP contribution in [0, 0.1) is 0 Å². The maximum atomic E-state index is 7.70. The van der Waals surface area contributed by atoms with Crippen molar-refractivity contribution in [3.8, 4) is 44.9 Å². The van der Waals surface area contributed by atoms with Crippen molar-refractivity contribution in [2.75, 3.05) is 9.80 Å². The van der Waals surface area contributed by atoms with E-state index in [1.807, 2.05) is 23.5 Å². The molecular weight excluding hydrogens is 1100 g/mol. The highest BCUT2D eigenvalue weighted by molar-refractivity contribution is 7.25. The van der Waals surface area contributed by atoms with E-state index in [2.05, 4.69) is 301 Å². The molecule has 6 heteroatoms. The van der Waals surface area contributed by atoms with E-state index in [1.54, 1.807) is 0 Å². The van der Waals surface area contributed by atoms with Crippen LogP contribution in [0.25, 0.3) is 108 Å². The zero-order chi connectivity index (χ0) is 58.3. The molecule has 89 heavy (non-hydrogen) atoms. The highest BCUT2D eigenvalue weighted by atomic mass is 32.1. The Morgan fingerprint density at radius 1 is 0.281 bits per heavy atom. The van der Waals surface area contributed by atoms with E-state index in [1.165, 1.54) is 53.2 Å². The lowest BCUT2D eigenvalue weighted by Gasteiger charge is -2.40. The van der Waals surface area contributed by atoms with Gasteiger partial charge in [-0.05, 0) is 135 Å². The average Bonchev–Trinajstić information content (AvgIpc) is 1.63. The minimum Gasteiger partial charge on any atom is -0.457 e. The maximum absolute atomic E-state index is 7.70. The van der Waals surface area contributed by atoms with Crippen LogP contribution < -0.4 is 14.5 Å². The molecule has 14 aromatic carbocycles. The van der Waals surface area contributed by atoms with E-state index < -0.39 is 5.41 Å². The van der Waals surface area contributed by atoms with Crippen molar-refractivity contribution in [2.45, 2.75) is 5.41 Å². The predicted octanol–water partition coefficient (Wildman–Crippen LogP) is 23.7. The van der Waals surface area contributed by atoms with E-state index in [-0.39, 0.29) is 0 Å². The Kier molecular flexibility index (Phi) is 10.8. The summed E-state index contributed by atoms with van der Waals surface area (Å²) in [7, 11) is 0. The SMILES string of the molecule is c1ccc(-c2cc(N(c3ccc4c(c3)Oc3cc(N(c5ccccc5)c5cc(-c6ccc7ccccc7c6)c6oc7ccccc7c6c5)ccc3C43c4ccccc4-c4ccccc43)c3ccc4sc5ccccc5c4c3)cc3oc4ccccc4c23)cc1. The fourth-order valence-corrected chi connectivity index (χ4v) is 15.9. The van der Waals surface area contributed by atoms with Gasteiger partial charge >= 0.3 is 0 Å². The van der Waals surface area contributed by atoms with Crippen molar-refractivity contribution in [1.82, 2.24) is 0 Å². The minimum atomic E-state index is -0.740. The van der Waals surface area contributed by atoms with Crippen molar-refractivity contribution in [3.63, 3.8) is 0 Å². The van der Waals surface area contributed by atoms with E-state index in [9.17, 15) is 0 Å². The molecule has 0 atom stereocenters. The number of rotatable bonds is 8. The van der Waals surface area contributed by atoms with Crippen LogP contribution in [-0.2, 0) is 5.41 Å². The van der Waals surface area contributed by atoms with Gasteiger partial charge in [-0.15, -0.1) is 11.3 Å². The standard InChI is InChI=1S/C83H50N2O3S/c1-3-20-52(21-4-1)66-45-60(50-78-81(66)65-29-12-17-33-75(65)86-78)85(56-39-42-80-68(44-56)64-28-13-18-34-79(64)89-80)58-38-41-73-77(49-58)87-76-48-57(37-40-72(76)83(73)70-30-14-9-25-61(70)62-26-10-15-31-71(62)83)84(55-23-5-2-6-24-55)59-46-67(54-36-35-51-19-7-8-22-53(51)43-54)82-69(47-59)63-27-11-16-32-74(63)88-82/h1-50H. The summed E-state index contributed by atoms with van der Waals surface area (Å²) in [5.74, 6) is 1.55. The molecule has 0 saturated carbocycles. The number of para-hydroxylation sites is 3. The smallest absolute Gasteiger partial charge is 0.143 e. The molecule has 0 amide bonds. The summed E-state index contributed by atoms with van der Waals surface area (Å²) in [6.45, 7) is 0. The number of nitrogens with zero attached hydrogens (tertiary/aromatic N) is 2. The summed E-state index contributed by atoms with van der Waals surface area (Å²) >= 11 is 1.83. The van der Waals surface area contributed by atoms with Gasteiger partial charge in [0.05, 0.1) is 11.1 Å². The van der Waals surface area contributed by atoms with Crippen LogP contribution in [0.15, 0.2) is 312 Å². The number of benzene rings is 14. The molecule has 0 radical (unpaired) electrons. The number of thiophene rings is 1. The van der Waals surface area contributed by atoms with Crippen molar-refractivity contribution < 1.29 is 13.6 Å². The van der Waals surface area contributed by atoms with Crippen LogP contribution in [0.5, 0.6) is 11.5 Å². The number of furan rings is 2. The first-order chi connectivity index (χ1) is 44.1. The summed E-state index contributed by atoms with van der Waals surface area (Å²) < 4.78 is 23.9. The minimum absolute atomic E-state index is 0.740. The quantitative estimate of drug-likeness (QED) is 0.152. The Balaban J connectivity index is 0.849. The monoisotopic (exact) mass is 1150 g/mol. The number of anilines is 6. The molecule has 17 aromatic rings. The van der Waals surface area contributed by atoms with Crippen LogP contribution in [0.4, 0.5) is 34.1 Å². The fourth-order valence-electron chi connectivity index (χ4n) is 14.8. The molecule has 3 aromatic heterocycles. The van der Waals surface area contributed by atoms with Gasteiger partial charge in [0.25, 0.3) is 0 Å². The summed E-state index contributed by atoms with van der Waals surface area (Å²) in [6.07, 6.45) is 0. The van der Waals surface area contributed by atoms with E-state index in [4.69, 9.17) is 13.6 Å². The van der Waals surface area contributed by atoms with E-state index in [0.29, 0.717) is 0 Å². The van der Waals surface area contributed by atoms with Gasteiger partial charge < -0.3 is 23.4 Å². The van der Waals surface area contributed by atoms with Crippen molar-refractivity contribution in [3.05, 3.63) is 326 Å². The molecule has 1 spiro atoms. The molecule has 4 heterocycles. The molecule has 0 N–H and O–H groups in total. The molecule has 1 aliphatic heterocycles. The van der Waals surface area contributed by atoms with E-state index in [0.717, 1.165) is 123 Å². The third-order valence-electron chi connectivity index (χ3n) is 18.6. The third-order valence-corrected chi connectivity index (χ3v) is 19.8. The predicted molar refractivity (Wildman–Crippen MR) is 369 cm³/mol. The Morgan fingerprint density at radius 3 is 1.58 bits per heavy atom. The zero-order valence-corrected chi connectivity index (χ0v) is 48.7. The van der Waals surface area contributed by atoms with Crippen molar-refractivity contribution in [2.24, 2.45) is 0 Å². The first kappa shape index (κ1) is 49.8. The first-order valence-corrected chi connectivity index (χ1v) is 31.1. The summed E-state index contributed by atoms with van der Waals surface area (Å²) in [4.78, 5) is 4.76. The average molecular weight is 1160 g/mol. The molecule has 19 rings (SSSR count). The van der Waals surface area contributed by atoms with Gasteiger partial charge in [-0.3, -0.25) is 0 Å². The number of hydrogen-bond acceptors (Lipinski definition) is 6. The van der Waals surface area contributed by atoms with Crippen LogP contribution in [0.1, 0.15) is 22.3 Å². The van der Waals surface area contributed by atoms with Gasteiger partial charge in [0.15, 0.2) is 0 Å². The lowest BCUT2D eigenvalue weighted by Crippen LogP contribution is -2.32. The zero-order valence-electron chi connectivity index (χ0n) is 47.9. The van der Waals surface area contributed by atoms with Crippen LogP contribution in [0.2, 0.25) is 0 Å². The molecule has 416 valence electrons. The number of ether oxygens (including phenoxy) is 1. The van der Waals surface area contributed by atoms with Gasteiger partial charge in [-0.2, -0.15) is 0 Å². The molecule has 0 bridgehead atoms. The Labute approximate surface area is 516 Å². The van der Waals surface area contributed by atoms with Crippen LogP contribution in [-0.4, -0.2) is 0 Å². The van der Waals surface area contributed by atoms with Gasteiger partial charge in [-0.1, -0.05) is 200 Å². The highest BCUT2D eigenvalue weighted by Gasteiger charge is 2.51. The second kappa shape index (κ2) is 19.3. The summed E-state index contributed by atoms with van der Waals surface area (Å²) in [6, 6.07) is 110. The lowest BCUT2D eigenvalue weighted by molar-refractivity contribution is 0.436. The molecule has 5 nitrogen and oxygen atoms in total. The van der Waals surface area contributed by atoms with Crippen LogP contribution in [0.3, 0.4) is 0 Å². The molecular formula is C83H50N2O3S. The Bertz CT molecular complexity index is 5710. The van der Waals surface area contributed by atoms with Crippen molar-refractivity contribution in [1.29, 1.82) is 0 Å². The van der Waals surface area contributed by atoms with Gasteiger partial charge in [0.1, 0.15) is 33.8 Å². The first-order valence-electron chi connectivity index (χ1n) is 30.3. The Morgan fingerprint density at radius 2 is 0.831 bits per heavy atom. The van der Waals surface area contributed by atoms with Gasteiger partial charge in [0, 0.05) is 105 Å². The lowest BCUT2D eigenvalue weighted by atomic mass is 9.66. The summed E-state index contributed by atoms with van der Waals surface area (Å²) in [5.41, 5.74) is 19.8. The fraction of sp³-hybridized carbons (Fsp3) is 0.0120. The molecule has 0 saturated heterocycles. The van der Waals surface area contributed by atoms with Crippen LogP contribution >= 0.6 is 11.3 Å². The van der Waals surface area contributed by atoms with Gasteiger partial charge in [-0.25, -0.2) is 0 Å². The van der Waals surface area contributed by atoms with Gasteiger partial charge in [0.2, 0.25) is 0 Å². The summed E-state index contributed by atoms with van der Waals surface area (Å²) in [5, 5.41) is 9.08. The normalized spacial score (nSPS) is 12.9. The molecule has 2 aliphatic rings. The molecule has 1 aliphatic carbocycles. The number of hydrogen-bond donors (Lipinski definition) is 0. The molecule has 0 fully saturated rings. The third kappa shape index (κ3) is 7.48. The topological polar surface area (TPSA) is 42.0 Å². The second-order valence-corrected chi connectivity index (χ2v) is 24.5. The number of fused-ring (bicyclic) bond motifs is 19. The maximum Gasteiger partial charge on any atom is 0.143 e.